The molecule has 0 aliphatic carbocycles. The Labute approximate surface area is 184 Å². The van der Waals surface area contributed by atoms with Crippen LogP contribution in [0.3, 0.4) is 0 Å². The van der Waals surface area contributed by atoms with E-state index in [1.54, 1.807) is 0 Å². The van der Waals surface area contributed by atoms with E-state index in [1.165, 1.54) is 0 Å². The summed E-state index contributed by atoms with van der Waals surface area (Å²) >= 11 is 0. The Morgan fingerprint density at radius 2 is 0.600 bits per heavy atom. The molecule has 0 saturated carbocycles. The van der Waals surface area contributed by atoms with Crippen molar-refractivity contribution in [2.75, 3.05) is 0 Å². The Kier molecular flexibility index (Phi) is 107. The van der Waals surface area contributed by atoms with E-state index in [0.29, 0.717) is 0 Å². The minimum Gasteiger partial charge on any atom is -0.598 e. The molecule has 0 fully saturated rings. The molecule has 0 aromatic rings. The molecular weight excluding hydrogens is 397 g/mol. The molecule has 19 heteroatoms. The van der Waals surface area contributed by atoms with Crippen molar-refractivity contribution in [2.45, 2.75) is 7.43 Å². The van der Waals surface area contributed by atoms with Gasteiger partial charge in [-0.15, -0.1) is 19.6 Å². The largest absolute Gasteiger partial charge is 1.00 e. The number of hydrogen-bond acceptors (Lipinski definition) is 7. The molecule has 0 aromatic carbocycles. The minimum atomic E-state index is -3.37. The van der Waals surface area contributed by atoms with Crippen LogP contribution >= 0.6 is 33.0 Å². The Bertz CT molecular complexity index is 171. The fourth-order valence-corrected chi connectivity index (χ4v) is 0. The van der Waals surface area contributed by atoms with Gasteiger partial charge in [0.25, 0.3) is 8.25 Å². The number of hydrogen-bond donors (Lipinski definition) is 5. The maximum atomic E-state index is 8.70. The van der Waals surface area contributed by atoms with E-state index in [4.69, 9.17) is 57.4 Å². The molecule has 0 aliphatic heterocycles. The monoisotopic (exact) mass is 406 g/mol. The molecule has 1 unspecified atom stereocenters. The van der Waals surface area contributed by atoms with Gasteiger partial charge in [0.15, 0.2) is 0 Å². The molecule has 5 N–H and O–H groups in total. The third kappa shape index (κ3) is 896. The second kappa shape index (κ2) is 43.1. The van der Waals surface area contributed by atoms with Gasteiger partial charge in [0.2, 0.25) is 0 Å². The Morgan fingerprint density at radius 3 is 0.600 bits per heavy atom. The van der Waals surface area contributed by atoms with Gasteiger partial charge in [0.1, 0.15) is 0 Å². The standard InChI is InChI=1S/CH4.3Na.4HO3P/c;;;;4*1-4(2)3/h1H4;;;;2*(H-,1,2,3);2*(H,1,2,3)/q;3*+1;;;;/p+1. The van der Waals surface area contributed by atoms with Crippen molar-refractivity contribution in [1.29, 1.82) is 0 Å². The molecule has 12 nitrogen and oxygen atoms in total. The molecule has 20 heavy (non-hydrogen) atoms. The van der Waals surface area contributed by atoms with Gasteiger partial charge >= 0.3 is 113 Å². The van der Waals surface area contributed by atoms with E-state index >= 15 is 0 Å². The summed E-state index contributed by atoms with van der Waals surface area (Å²) in [6.07, 6.45) is 0. The maximum Gasteiger partial charge on any atom is 1.00 e. The average Bonchev–Trinajstić information content (AvgIpc) is 1.76. The fourth-order valence-electron chi connectivity index (χ4n) is 0. The SMILES string of the molecule is C.O=[P+](O)O.O=[P+](O)O.O=[P+]([O-])O.O=[P+]([O-])[O-].[Na+].[Na+].[Na+]. The quantitative estimate of drug-likeness (QED) is 0.186. The van der Waals surface area contributed by atoms with Crippen molar-refractivity contribution in [3.8, 4) is 0 Å². The van der Waals surface area contributed by atoms with Crippen LogP contribution < -0.4 is 103 Å². The van der Waals surface area contributed by atoms with E-state index in [-0.39, 0.29) is 96.1 Å². The van der Waals surface area contributed by atoms with Gasteiger partial charge in [0.05, 0.1) is 0 Å². The van der Waals surface area contributed by atoms with Gasteiger partial charge in [-0.3, -0.25) is 0 Å². The summed E-state index contributed by atoms with van der Waals surface area (Å²) in [4.78, 5) is 61.0. The average molecular weight is 406 g/mol. The van der Waals surface area contributed by atoms with Gasteiger partial charge in [0, 0.05) is 9.13 Å². The summed E-state index contributed by atoms with van der Waals surface area (Å²) in [5, 5.41) is 0. The van der Waals surface area contributed by atoms with Crippen LogP contribution in [-0.2, 0) is 18.3 Å². The first-order valence-electron chi connectivity index (χ1n) is 2.28. The summed E-state index contributed by atoms with van der Waals surface area (Å²) in [6, 6.07) is 0. The van der Waals surface area contributed by atoms with Gasteiger partial charge in [-0.05, 0) is 4.57 Å². The van der Waals surface area contributed by atoms with Gasteiger partial charge in [-0.2, -0.15) is 4.89 Å². The zero-order valence-corrected chi connectivity index (χ0v) is 19.5. The number of rotatable bonds is 0. The normalized spacial score (nSPS) is 6.10. The molecule has 0 rings (SSSR count). The molecule has 0 spiro atoms. The molecule has 0 aromatic heterocycles. The molecular formula is CH9Na3O12P4+4. The topological polar surface area (TPSA) is 239 Å². The summed E-state index contributed by atoms with van der Waals surface area (Å²) < 4.78 is 34.5. The Balaban J connectivity index is -0.0000000150. The first-order chi connectivity index (χ1) is 6.93. The van der Waals surface area contributed by atoms with Crippen molar-refractivity contribution in [1.82, 2.24) is 0 Å². The summed E-state index contributed by atoms with van der Waals surface area (Å²) in [5.74, 6) is 0. The van der Waals surface area contributed by atoms with Gasteiger partial charge in [-0.1, -0.05) is 12.0 Å². The van der Waals surface area contributed by atoms with Crippen molar-refractivity contribution >= 4 is 33.0 Å². The van der Waals surface area contributed by atoms with Crippen LogP contribution in [0.4, 0.5) is 0 Å². The van der Waals surface area contributed by atoms with Gasteiger partial charge < -0.3 is 14.7 Å². The Morgan fingerprint density at radius 1 is 0.600 bits per heavy atom. The van der Waals surface area contributed by atoms with Crippen LogP contribution in [0.2, 0.25) is 0 Å². The van der Waals surface area contributed by atoms with Crippen molar-refractivity contribution in [3.05, 3.63) is 0 Å². The molecule has 0 aliphatic rings. The minimum absolute atomic E-state index is 0. The molecule has 0 heterocycles. The zero-order valence-electron chi connectivity index (χ0n) is 9.88. The zero-order chi connectivity index (χ0) is 14.3. The maximum absolute atomic E-state index is 8.70. The summed E-state index contributed by atoms with van der Waals surface area (Å²) in [7, 11) is -12.2. The molecule has 0 saturated heterocycles. The smallest absolute Gasteiger partial charge is 0.598 e. The van der Waals surface area contributed by atoms with Crippen molar-refractivity contribution in [2.24, 2.45) is 0 Å². The molecule has 0 radical (unpaired) electrons. The van der Waals surface area contributed by atoms with E-state index in [2.05, 4.69) is 0 Å². The van der Waals surface area contributed by atoms with E-state index in [0.717, 1.165) is 0 Å². The molecule has 0 amide bonds. The van der Waals surface area contributed by atoms with E-state index < -0.39 is 33.0 Å². The fraction of sp³-hybridized carbons (Fsp3) is 1.00. The predicted molar refractivity (Wildman–Crippen MR) is 48.3 cm³/mol. The van der Waals surface area contributed by atoms with Crippen LogP contribution in [0.25, 0.3) is 0 Å². The first kappa shape index (κ1) is 49.5. The summed E-state index contributed by atoms with van der Waals surface area (Å²) in [5.41, 5.74) is 0. The third-order valence-electron chi connectivity index (χ3n) is 0. The third-order valence-corrected chi connectivity index (χ3v) is 0. The molecule has 1 atom stereocenters. The molecule has 104 valence electrons. The van der Waals surface area contributed by atoms with E-state index in [1.807, 2.05) is 0 Å². The van der Waals surface area contributed by atoms with Crippen molar-refractivity contribution < 1.29 is 146 Å². The van der Waals surface area contributed by atoms with E-state index in [9.17, 15) is 0 Å². The molecule has 0 bridgehead atoms. The van der Waals surface area contributed by atoms with Crippen LogP contribution in [0, 0.1) is 0 Å². The second-order valence-electron chi connectivity index (χ2n) is 0.967. The first-order valence-corrected chi connectivity index (χ1v) is 6.83. The Hall–Kier alpha value is 3.08. The summed E-state index contributed by atoms with van der Waals surface area (Å²) in [6.45, 7) is 0. The van der Waals surface area contributed by atoms with Crippen LogP contribution in [0.5, 0.6) is 0 Å². The second-order valence-corrected chi connectivity index (χ2v) is 2.90. The predicted octanol–water partition coefficient (Wildman–Crippen LogP) is -11.7. The van der Waals surface area contributed by atoms with Crippen LogP contribution in [0.1, 0.15) is 7.43 Å². The van der Waals surface area contributed by atoms with Crippen LogP contribution in [0.15, 0.2) is 0 Å². The van der Waals surface area contributed by atoms with Gasteiger partial charge in [-0.25, -0.2) is 0 Å². The van der Waals surface area contributed by atoms with Crippen molar-refractivity contribution in [3.63, 3.8) is 0 Å². The van der Waals surface area contributed by atoms with Crippen LogP contribution in [-0.4, -0.2) is 24.5 Å².